The summed E-state index contributed by atoms with van der Waals surface area (Å²) < 4.78 is 42.3. The highest BCUT2D eigenvalue weighted by molar-refractivity contribution is 6.30. The molecule has 0 saturated carbocycles. The first kappa shape index (κ1) is 15.6. The molecule has 3 nitrogen and oxygen atoms in total. The first-order chi connectivity index (χ1) is 8.82. The third-order valence-corrected chi connectivity index (χ3v) is 2.46. The lowest BCUT2D eigenvalue weighted by Crippen LogP contribution is -2.26. The van der Waals surface area contributed by atoms with E-state index in [1.807, 2.05) is 0 Å². The number of alkyl carbamates (subject to hydrolysis) is 1. The molecule has 0 fully saturated rings. The molecule has 1 N–H and O–H groups in total. The third kappa shape index (κ3) is 5.38. The Bertz CT molecular complexity index is 449. The number of benzene rings is 1. The van der Waals surface area contributed by atoms with Crippen molar-refractivity contribution in [2.24, 2.45) is 0 Å². The molecule has 0 atom stereocenters. The second-order valence-corrected chi connectivity index (χ2v) is 4.18. The van der Waals surface area contributed by atoms with Crippen molar-refractivity contribution in [3.8, 4) is 0 Å². The molecule has 0 aliphatic rings. The van der Waals surface area contributed by atoms with Crippen molar-refractivity contribution in [2.75, 3.05) is 13.2 Å². The van der Waals surface area contributed by atoms with Gasteiger partial charge in [0.2, 0.25) is 0 Å². The van der Waals surface area contributed by atoms with Crippen molar-refractivity contribution >= 4 is 17.7 Å². The summed E-state index contributed by atoms with van der Waals surface area (Å²) in [7, 11) is 0. The van der Waals surface area contributed by atoms with Gasteiger partial charge in [0, 0.05) is 11.6 Å². The highest BCUT2D eigenvalue weighted by atomic mass is 35.5. The lowest BCUT2D eigenvalue weighted by molar-refractivity contribution is -0.137. The zero-order valence-electron chi connectivity index (χ0n) is 10.2. The summed E-state index contributed by atoms with van der Waals surface area (Å²) >= 11 is 5.64. The van der Waals surface area contributed by atoms with Crippen LogP contribution in [0.5, 0.6) is 0 Å². The molecule has 0 heterocycles. The maximum absolute atomic E-state index is 12.6. The van der Waals surface area contributed by atoms with Crippen molar-refractivity contribution in [3.63, 3.8) is 0 Å². The standard InChI is InChI=1S/C12H13ClF3NO2/c1-2-19-11(18)17-4-3-8-5-9(12(14,15)16)7-10(13)6-8/h5-7H,2-4H2,1H3,(H,17,18). The van der Waals surface area contributed by atoms with E-state index in [1.54, 1.807) is 6.92 Å². The number of carbonyl (C=O) groups is 1. The molecule has 0 saturated heterocycles. The molecule has 0 bridgehead atoms. The predicted molar refractivity (Wildman–Crippen MR) is 65.2 cm³/mol. The molecular weight excluding hydrogens is 283 g/mol. The van der Waals surface area contributed by atoms with E-state index in [0.717, 1.165) is 12.1 Å². The van der Waals surface area contributed by atoms with E-state index in [4.69, 9.17) is 11.6 Å². The number of nitrogens with one attached hydrogen (secondary N) is 1. The first-order valence-electron chi connectivity index (χ1n) is 5.60. The van der Waals surface area contributed by atoms with Crippen LogP contribution in [0.1, 0.15) is 18.1 Å². The molecule has 7 heteroatoms. The Morgan fingerprint density at radius 2 is 2.05 bits per heavy atom. The van der Waals surface area contributed by atoms with E-state index in [1.165, 1.54) is 6.07 Å². The Kier molecular flexibility index (Phi) is 5.47. The van der Waals surface area contributed by atoms with E-state index in [0.29, 0.717) is 5.56 Å². The number of rotatable bonds is 4. The number of ether oxygens (including phenoxy) is 1. The second kappa shape index (κ2) is 6.65. The van der Waals surface area contributed by atoms with Crippen LogP contribution in [0.4, 0.5) is 18.0 Å². The molecule has 106 valence electrons. The summed E-state index contributed by atoms with van der Waals surface area (Å²) in [5.74, 6) is 0. The first-order valence-corrected chi connectivity index (χ1v) is 5.98. The summed E-state index contributed by atoms with van der Waals surface area (Å²) in [6.45, 7) is 2.07. The van der Waals surface area contributed by atoms with Crippen LogP contribution in [0.15, 0.2) is 18.2 Å². The monoisotopic (exact) mass is 295 g/mol. The summed E-state index contributed by atoms with van der Waals surface area (Å²) in [6.07, 6.45) is -4.79. The highest BCUT2D eigenvalue weighted by Gasteiger charge is 2.30. The normalized spacial score (nSPS) is 11.2. The van der Waals surface area contributed by atoms with Crippen LogP contribution in [0.2, 0.25) is 5.02 Å². The molecule has 1 aromatic rings. The zero-order valence-corrected chi connectivity index (χ0v) is 10.9. The zero-order chi connectivity index (χ0) is 14.5. The average molecular weight is 296 g/mol. The average Bonchev–Trinajstić information content (AvgIpc) is 2.27. The van der Waals surface area contributed by atoms with Crippen LogP contribution < -0.4 is 5.32 Å². The number of alkyl halides is 3. The minimum Gasteiger partial charge on any atom is -0.450 e. The molecule has 1 aromatic carbocycles. The molecule has 0 aliphatic carbocycles. The SMILES string of the molecule is CCOC(=O)NCCc1cc(Cl)cc(C(F)(F)F)c1. The molecule has 0 radical (unpaired) electrons. The van der Waals surface area contributed by atoms with Crippen molar-refractivity contribution in [3.05, 3.63) is 34.3 Å². The molecular formula is C12H13ClF3NO2. The number of hydrogen-bond donors (Lipinski definition) is 1. The van der Waals surface area contributed by atoms with E-state index in [2.05, 4.69) is 10.1 Å². The maximum atomic E-state index is 12.6. The van der Waals surface area contributed by atoms with Gasteiger partial charge >= 0.3 is 12.3 Å². The molecule has 0 unspecified atom stereocenters. The fourth-order valence-corrected chi connectivity index (χ4v) is 1.71. The van der Waals surface area contributed by atoms with Crippen LogP contribution in [0.3, 0.4) is 0 Å². The number of halogens is 4. The second-order valence-electron chi connectivity index (χ2n) is 3.74. The summed E-state index contributed by atoms with van der Waals surface area (Å²) in [5, 5.41) is 2.44. The van der Waals surface area contributed by atoms with Gasteiger partial charge in [-0.25, -0.2) is 4.79 Å². The fourth-order valence-electron chi connectivity index (χ4n) is 1.45. The molecule has 1 amide bonds. The van der Waals surface area contributed by atoms with Crippen molar-refractivity contribution in [1.29, 1.82) is 0 Å². The van der Waals surface area contributed by atoms with Crippen LogP contribution in [-0.2, 0) is 17.3 Å². The molecule has 1 rings (SSSR count). The minimum atomic E-state index is -4.44. The van der Waals surface area contributed by atoms with Crippen LogP contribution >= 0.6 is 11.6 Å². The van der Waals surface area contributed by atoms with Gasteiger partial charge in [0.05, 0.1) is 12.2 Å². The van der Waals surface area contributed by atoms with Gasteiger partial charge in [-0.05, 0) is 37.1 Å². The summed E-state index contributed by atoms with van der Waals surface area (Å²) in [6, 6.07) is 3.31. The van der Waals surface area contributed by atoms with Gasteiger partial charge in [-0.1, -0.05) is 11.6 Å². The number of hydrogen-bond acceptors (Lipinski definition) is 2. The quantitative estimate of drug-likeness (QED) is 0.921. The Hall–Kier alpha value is -1.43. The van der Waals surface area contributed by atoms with Gasteiger partial charge in [-0.2, -0.15) is 13.2 Å². The molecule has 19 heavy (non-hydrogen) atoms. The van der Waals surface area contributed by atoms with Gasteiger partial charge in [0.15, 0.2) is 0 Å². The number of carbonyl (C=O) groups excluding carboxylic acids is 1. The Labute approximate surface area is 113 Å². The lowest BCUT2D eigenvalue weighted by atomic mass is 10.1. The van der Waals surface area contributed by atoms with E-state index in [-0.39, 0.29) is 24.6 Å². The van der Waals surface area contributed by atoms with Gasteiger partial charge in [0.1, 0.15) is 0 Å². The minimum absolute atomic E-state index is 0.0148. The lowest BCUT2D eigenvalue weighted by Gasteiger charge is -2.10. The number of amides is 1. The van der Waals surface area contributed by atoms with Crippen LogP contribution in [0.25, 0.3) is 0 Å². The van der Waals surface area contributed by atoms with Crippen LogP contribution in [-0.4, -0.2) is 19.2 Å². The highest BCUT2D eigenvalue weighted by Crippen LogP contribution is 2.31. The topological polar surface area (TPSA) is 38.3 Å². The summed E-state index contributed by atoms with van der Waals surface area (Å²) in [5.41, 5.74) is -0.400. The molecule has 0 aromatic heterocycles. The van der Waals surface area contributed by atoms with Crippen molar-refractivity contribution < 1.29 is 22.7 Å². The predicted octanol–water partition coefficient (Wildman–Crippen LogP) is 3.65. The smallest absolute Gasteiger partial charge is 0.416 e. The van der Waals surface area contributed by atoms with Crippen molar-refractivity contribution in [2.45, 2.75) is 19.5 Å². The maximum Gasteiger partial charge on any atom is 0.416 e. The van der Waals surface area contributed by atoms with E-state index < -0.39 is 17.8 Å². The largest absolute Gasteiger partial charge is 0.450 e. The van der Waals surface area contributed by atoms with Gasteiger partial charge in [-0.15, -0.1) is 0 Å². The van der Waals surface area contributed by atoms with Crippen molar-refractivity contribution in [1.82, 2.24) is 5.32 Å². The Morgan fingerprint density at radius 3 is 2.63 bits per heavy atom. The Morgan fingerprint density at radius 1 is 1.37 bits per heavy atom. The van der Waals surface area contributed by atoms with Crippen LogP contribution in [0, 0.1) is 0 Å². The van der Waals surface area contributed by atoms with E-state index >= 15 is 0 Å². The summed E-state index contributed by atoms with van der Waals surface area (Å²) in [4.78, 5) is 11.0. The van der Waals surface area contributed by atoms with Gasteiger partial charge < -0.3 is 10.1 Å². The van der Waals surface area contributed by atoms with Gasteiger partial charge in [0.25, 0.3) is 0 Å². The van der Waals surface area contributed by atoms with Gasteiger partial charge in [-0.3, -0.25) is 0 Å². The Balaban J connectivity index is 2.64. The molecule has 0 aliphatic heterocycles. The third-order valence-electron chi connectivity index (χ3n) is 2.24. The molecule has 0 spiro atoms. The van der Waals surface area contributed by atoms with E-state index in [9.17, 15) is 18.0 Å². The fraction of sp³-hybridized carbons (Fsp3) is 0.417.